The highest BCUT2D eigenvalue weighted by Crippen LogP contribution is 2.28. The first-order chi connectivity index (χ1) is 15.2. The zero-order valence-corrected chi connectivity index (χ0v) is 20.2. The molecule has 1 saturated heterocycles. The van der Waals surface area contributed by atoms with E-state index in [0.717, 1.165) is 4.47 Å². The van der Waals surface area contributed by atoms with Gasteiger partial charge in [0.15, 0.2) is 12.4 Å². The van der Waals surface area contributed by atoms with Crippen molar-refractivity contribution in [3.63, 3.8) is 0 Å². The average Bonchev–Trinajstić information content (AvgIpc) is 3.42. The van der Waals surface area contributed by atoms with Crippen molar-refractivity contribution in [3.8, 4) is 5.75 Å². The lowest BCUT2D eigenvalue weighted by Crippen LogP contribution is -2.50. The van der Waals surface area contributed by atoms with E-state index in [-0.39, 0.29) is 49.4 Å². The molecule has 0 spiro atoms. The molecule has 1 aromatic carbocycles. The van der Waals surface area contributed by atoms with Gasteiger partial charge in [-0.1, -0.05) is 27.5 Å². The Morgan fingerprint density at radius 3 is 2.62 bits per heavy atom. The van der Waals surface area contributed by atoms with Gasteiger partial charge in [0.05, 0.1) is 11.2 Å². The van der Waals surface area contributed by atoms with E-state index >= 15 is 0 Å². The molecule has 0 aliphatic carbocycles. The molecule has 0 saturated carbocycles. The Morgan fingerprint density at radius 1 is 1.22 bits per heavy atom. The summed E-state index contributed by atoms with van der Waals surface area (Å²) in [5.74, 6) is 0.244. The van der Waals surface area contributed by atoms with Crippen LogP contribution in [0.15, 0.2) is 52.2 Å². The van der Waals surface area contributed by atoms with Crippen molar-refractivity contribution in [1.29, 1.82) is 0 Å². The van der Waals surface area contributed by atoms with Gasteiger partial charge in [0.2, 0.25) is 10.0 Å². The van der Waals surface area contributed by atoms with Gasteiger partial charge in [-0.25, -0.2) is 13.1 Å². The Kier molecular flexibility index (Phi) is 6.56. The van der Waals surface area contributed by atoms with Crippen LogP contribution in [0, 0.1) is 0 Å². The SMILES string of the molecule is Cn1cc(S(=O)(=O)N2CCN(C(=O)c3ccn(COc4ccc(Br)cc4Cl)n3)CC2)cn1. The third-order valence-corrected chi connectivity index (χ3v) is 7.59. The maximum atomic E-state index is 12.8. The minimum Gasteiger partial charge on any atom is -0.470 e. The number of rotatable bonds is 6. The maximum Gasteiger partial charge on any atom is 0.274 e. The van der Waals surface area contributed by atoms with Gasteiger partial charge in [-0.3, -0.25) is 9.48 Å². The number of benzene rings is 1. The number of sulfonamides is 1. The van der Waals surface area contributed by atoms with Gasteiger partial charge in [-0.15, -0.1) is 0 Å². The van der Waals surface area contributed by atoms with Crippen molar-refractivity contribution in [1.82, 2.24) is 28.8 Å². The smallest absolute Gasteiger partial charge is 0.274 e. The van der Waals surface area contributed by atoms with Crippen molar-refractivity contribution in [2.24, 2.45) is 7.05 Å². The van der Waals surface area contributed by atoms with Gasteiger partial charge in [-0.05, 0) is 24.3 Å². The summed E-state index contributed by atoms with van der Waals surface area (Å²) in [6.07, 6.45) is 4.43. The summed E-state index contributed by atoms with van der Waals surface area (Å²) in [7, 11) is -1.97. The predicted molar refractivity (Wildman–Crippen MR) is 120 cm³/mol. The molecule has 3 heterocycles. The van der Waals surface area contributed by atoms with Crippen LogP contribution in [0.4, 0.5) is 0 Å². The number of amides is 1. The Morgan fingerprint density at radius 2 is 1.97 bits per heavy atom. The largest absolute Gasteiger partial charge is 0.470 e. The average molecular weight is 544 g/mol. The van der Waals surface area contributed by atoms with Crippen LogP contribution >= 0.6 is 27.5 Å². The Balaban J connectivity index is 1.34. The second-order valence-corrected chi connectivity index (χ2v) is 10.4. The third-order valence-electron chi connectivity index (χ3n) is 4.95. The molecule has 32 heavy (non-hydrogen) atoms. The van der Waals surface area contributed by atoms with Gasteiger partial charge < -0.3 is 9.64 Å². The molecule has 2 aromatic heterocycles. The summed E-state index contributed by atoms with van der Waals surface area (Å²) < 4.78 is 36.2. The van der Waals surface area contributed by atoms with Crippen molar-refractivity contribution in [3.05, 3.63) is 58.0 Å². The summed E-state index contributed by atoms with van der Waals surface area (Å²) in [6.45, 7) is 1.04. The minimum atomic E-state index is -3.63. The molecule has 1 aliphatic heterocycles. The standard InChI is InChI=1S/C19H20BrClN6O4S/c1-24-12-15(11-22-24)32(29,30)27-8-6-25(7-9-27)19(28)17-4-5-26(23-17)13-31-18-3-2-14(20)10-16(18)21/h2-5,10-12H,6-9,13H2,1H3. The zero-order valence-electron chi connectivity index (χ0n) is 17.1. The van der Waals surface area contributed by atoms with Gasteiger partial charge in [0.1, 0.15) is 10.6 Å². The zero-order chi connectivity index (χ0) is 22.9. The Labute approximate surface area is 198 Å². The first-order valence-corrected chi connectivity index (χ1v) is 12.2. The molecule has 3 aromatic rings. The second kappa shape index (κ2) is 9.22. The molecule has 1 fully saturated rings. The molecule has 0 N–H and O–H groups in total. The number of halogens is 2. The van der Waals surface area contributed by atoms with E-state index < -0.39 is 10.0 Å². The molecule has 4 rings (SSSR count). The van der Waals surface area contributed by atoms with Gasteiger partial charge in [0, 0.05) is 50.1 Å². The molecule has 13 heteroatoms. The number of carbonyl (C=O) groups excluding carboxylic acids is 1. The van der Waals surface area contributed by atoms with Crippen LogP contribution in [0.2, 0.25) is 5.02 Å². The van der Waals surface area contributed by atoms with Gasteiger partial charge >= 0.3 is 0 Å². The van der Waals surface area contributed by atoms with E-state index in [1.165, 1.54) is 26.1 Å². The number of aromatic nitrogens is 4. The second-order valence-electron chi connectivity index (χ2n) is 7.13. The molecule has 1 amide bonds. The number of ether oxygens (including phenoxy) is 1. The first-order valence-electron chi connectivity index (χ1n) is 9.63. The lowest BCUT2D eigenvalue weighted by Gasteiger charge is -2.33. The monoisotopic (exact) mass is 542 g/mol. The summed E-state index contributed by atoms with van der Waals surface area (Å²) >= 11 is 9.48. The number of carbonyl (C=O) groups is 1. The normalized spacial score (nSPS) is 15.2. The van der Waals surface area contributed by atoms with E-state index in [4.69, 9.17) is 16.3 Å². The van der Waals surface area contributed by atoms with E-state index in [2.05, 4.69) is 26.1 Å². The lowest BCUT2D eigenvalue weighted by molar-refractivity contribution is 0.0690. The van der Waals surface area contributed by atoms with Crippen molar-refractivity contribution < 1.29 is 17.9 Å². The minimum absolute atomic E-state index is 0.0891. The number of piperazine rings is 1. The molecular formula is C19H20BrClN6O4S. The van der Waals surface area contributed by atoms with Crippen LogP contribution < -0.4 is 4.74 Å². The number of hydrogen-bond acceptors (Lipinski definition) is 6. The molecular weight excluding hydrogens is 524 g/mol. The predicted octanol–water partition coefficient (Wildman–Crippen LogP) is 2.22. The molecule has 0 atom stereocenters. The van der Waals surface area contributed by atoms with Crippen LogP contribution in [-0.2, 0) is 23.8 Å². The van der Waals surface area contributed by atoms with Crippen molar-refractivity contribution in [2.75, 3.05) is 26.2 Å². The van der Waals surface area contributed by atoms with Gasteiger partial charge in [0.25, 0.3) is 5.91 Å². The van der Waals surface area contributed by atoms with E-state index in [9.17, 15) is 13.2 Å². The quantitative estimate of drug-likeness (QED) is 0.472. The van der Waals surface area contributed by atoms with Gasteiger partial charge in [-0.2, -0.15) is 14.5 Å². The highest BCUT2D eigenvalue weighted by molar-refractivity contribution is 9.10. The first kappa shape index (κ1) is 22.8. The third kappa shape index (κ3) is 4.82. The molecule has 1 aliphatic rings. The number of nitrogens with zero attached hydrogens (tertiary/aromatic N) is 6. The molecule has 10 nitrogen and oxygen atoms in total. The molecule has 0 unspecified atom stereocenters. The molecule has 0 bridgehead atoms. The Bertz CT molecular complexity index is 1240. The maximum absolute atomic E-state index is 12.8. The van der Waals surface area contributed by atoms with Crippen LogP contribution in [0.5, 0.6) is 5.75 Å². The number of hydrogen-bond donors (Lipinski definition) is 0. The Hall–Kier alpha value is -2.41. The lowest BCUT2D eigenvalue weighted by atomic mass is 10.3. The fourth-order valence-corrected chi connectivity index (χ4v) is 5.39. The van der Waals surface area contributed by atoms with Crippen LogP contribution in [0.1, 0.15) is 10.5 Å². The van der Waals surface area contributed by atoms with Crippen LogP contribution in [0.25, 0.3) is 0 Å². The van der Waals surface area contributed by atoms with Crippen LogP contribution in [-0.4, -0.2) is 69.3 Å². The fourth-order valence-electron chi connectivity index (χ4n) is 3.25. The molecule has 170 valence electrons. The van der Waals surface area contributed by atoms with Crippen molar-refractivity contribution >= 4 is 43.5 Å². The molecule has 0 radical (unpaired) electrons. The van der Waals surface area contributed by atoms with E-state index in [1.807, 2.05) is 6.07 Å². The van der Waals surface area contributed by atoms with Crippen molar-refractivity contribution in [2.45, 2.75) is 11.6 Å². The summed E-state index contributed by atoms with van der Waals surface area (Å²) in [5, 5.41) is 8.65. The van der Waals surface area contributed by atoms with E-state index in [1.54, 1.807) is 36.3 Å². The summed E-state index contributed by atoms with van der Waals surface area (Å²) in [5.41, 5.74) is 0.263. The fraction of sp³-hybridized carbons (Fsp3) is 0.316. The van der Waals surface area contributed by atoms with Crippen LogP contribution in [0.3, 0.4) is 0 Å². The highest BCUT2D eigenvalue weighted by atomic mass is 79.9. The van der Waals surface area contributed by atoms with E-state index in [0.29, 0.717) is 10.8 Å². The summed E-state index contributed by atoms with van der Waals surface area (Å²) in [6, 6.07) is 6.88. The topological polar surface area (TPSA) is 103 Å². The number of aryl methyl sites for hydroxylation is 1. The highest BCUT2D eigenvalue weighted by Gasteiger charge is 2.31. The summed E-state index contributed by atoms with van der Waals surface area (Å²) in [4.78, 5) is 14.5.